The number of likely N-dealkylation sites (N-methyl/N-ethyl adjacent to an activating group) is 1. The molecule has 0 saturated heterocycles. The Kier molecular flexibility index (Phi) is 4.95. The first-order valence-corrected chi connectivity index (χ1v) is 9.65. The Morgan fingerprint density at radius 2 is 1.63 bits per heavy atom. The highest BCUT2D eigenvalue weighted by molar-refractivity contribution is 7.89. The number of hydrogen-bond donors (Lipinski definition) is 0. The molecular weight excluding hydrogens is 370 g/mol. The Morgan fingerprint density at radius 3 is 2.26 bits per heavy atom. The van der Waals surface area contributed by atoms with E-state index in [-0.39, 0.29) is 28.2 Å². The van der Waals surface area contributed by atoms with Crippen molar-refractivity contribution in [2.75, 3.05) is 13.7 Å². The van der Waals surface area contributed by atoms with Gasteiger partial charge in [0.15, 0.2) is 17.6 Å². The molecule has 1 aliphatic heterocycles. The third kappa shape index (κ3) is 3.17. The number of fused-ring (bicyclic) bond motifs is 1. The fourth-order valence-corrected chi connectivity index (χ4v) is 4.40. The average Bonchev–Trinajstić information content (AvgIpc) is 2.67. The SMILES string of the molecule is CCOC(=O)c1ccc(C(=O)C2C(=O)c3ccccc3S(=O)(=O)N2C)cc1. The summed E-state index contributed by atoms with van der Waals surface area (Å²) in [6.07, 6.45) is 0. The molecule has 1 heterocycles. The summed E-state index contributed by atoms with van der Waals surface area (Å²) in [5, 5.41) is 0. The van der Waals surface area contributed by atoms with Gasteiger partial charge in [0.2, 0.25) is 10.0 Å². The molecule has 1 aliphatic rings. The second kappa shape index (κ2) is 7.05. The smallest absolute Gasteiger partial charge is 0.338 e. The van der Waals surface area contributed by atoms with Crippen LogP contribution < -0.4 is 0 Å². The molecule has 0 bridgehead atoms. The van der Waals surface area contributed by atoms with E-state index in [2.05, 4.69) is 0 Å². The minimum atomic E-state index is -3.97. The molecule has 0 aliphatic carbocycles. The first-order chi connectivity index (χ1) is 12.8. The van der Waals surface area contributed by atoms with Crippen LogP contribution in [0.25, 0.3) is 0 Å². The fourth-order valence-electron chi connectivity index (χ4n) is 2.93. The lowest BCUT2D eigenvalue weighted by atomic mass is 9.95. The van der Waals surface area contributed by atoms with Gasteiger partial charge in [0.25, 0.3) is 0 Å². The van der Waals surface area contributed by atoms with Crippen LogP contribution in [-0.4, -0.2) is 50.0 Å². The molecule has 0 saturated carbocycles. The van der Waals surface area contributed by atoms with E-state index >= 15 is 0 Å². The van der Waals surface area contributed by atoms with Gasteiger partial charge >= 0.3 is 5.97 Å². The molecule has 2 aromatic rings. The van der Waals surface area contributed by atoms with Crippen LogP contribution in [0.2, 0.25) is 0 Å². The van der Waals surface area contributed by atoms with Gasteiger partial charge in [-0.25, -0.2) is 13.2 Å². The van der Waals surface area contributed by atoms with Crippen molar-refractivity contribution in [2.45, 2.75) is 17.9 Å². The van der Waals surface area contributed by atoms with Crippen molar-refractivity contribution in [1.82, 2.24) is 4.31 Å². The van der Waals surface area contributed by atoms with Crippen molar-refractivity contribution in [1.29, 1.82) is 0 Å². The van der Waals surface area contributed by atoms with Gasteiger partial charge in [-0.15, -0.1) is 0 Å². The summed E-state index contributed by atoms with van der Waals surface area (Å²) in [6, 6.07) is 9.88. The average molecular weight is 387 g/mol. The van der Waals surface area contributed by atoms with Crippen molar-refractivity contribution >= 4 is 27.6 Å². The second-order valence-electron chi connectivity index (χ2n) is 5.95. The Balaban J connectivity index is 1.98. The molecule has 2 aromatic carbocycles. The molecule has 0 radical (unpaired) electrons. The lowest BCUT2D eigenvalue weighted by Gasteiger charge is -2.31. The maximum Gasteiger partial charge on any atom is 0.338 e. The van der Waals surface area contributed by atoms with Gasteiger partial charge < -0.3 is 4.74 Å². The zero-order valence-electron chi connectivity index (χ0n) is 14.7. The number of esters is 1. The third-order valence-corrected chi connectivity index (χ3v) is 6.23. The van der Waals surface area contributed by atoms with E-state index in [0.29, 0.717) is 0 Å². The van der Waals surface area contributed by atoms with Crippen LogP contribution in [-0.2, 0) is 14.8 Å². The number of hydrogen-bond acceptors (Lipinski definition) is 6. The van der Waals surface area contributed by atoms with Crippen LogP contribution in [0.5, 0.6) is 0 Å². The molecule has 140 valence electrons. The molecule has 0 spiro atoms. The molecule has 8 heteroatoms. The molecular formula is C19H17NO6S. The third-order valence-electron chi connectivity index (χ3n) is 4.35. The normalized spacial score (nSPS) is 18.6. The first-order valence-electron chi connectivity index (χ1n) is 8.21. The fraction of sp³-hybridized carbons (Fsp3) is 0.211. The van der Waals surface area contributed by atoms with Gasteiger partial charge in [-0.2, -0.15) is 4.31 Å². The summed E-state index contributed by atoms with van der Waals surface area (Å²) < 4.78 is 31.0. The van der Waals surface area contributed by atoms with E-state index in [9.17, 15) is 22.8 Å². The van der Waals surface area contributed by atoms with E-state index in [1.54, 1.807) is 13.0 Å². The zero-order chi connectivity index (χ0) is 19.8. The second-order valence-corrected chi connectivity index (χ2v) is 7.91. The van der Waals surface area contributed by atoms with E-state index in [1.165, 1.54) is 49.5 Å². The highest BCUT2D eigenvalue weighted by Crippen LogP contribution is 2.30. The number of carbonyl (C=O) groups excluding carboxylic acids is 3. The number of benzene rings is 2. The standard InChI is InChI=1S/C19H17NO6S/c1-3-26-19(23)13-10-8-12(9-11-13)17(21)16-18(22)14-6-4-5-7-15(14)27(24,25)20(16)2/h4-11,16H,3H2,1-2H3. The molecule has 1 unspecified atom stereocenters. The summed E-state index contributed by atoms with van der Waals surface area (Å²) >= 11 is 0. The molecule has 0 aromatic heterocycles. The number of carbonyl (C=O) groups is 3. The van der Waals surface area contributed by atoms with Crippen molar-refractivity contribution < 1.29 is 27.5 Å². The van der Waals surface area contributed by atoms with Gasteiger partial charge in [-0.05, 0) is 31.2 Å². The molecule has 3 rings (SSSR count). The number of ether oxygens (including phenoxy) is 1. The summed E-state index contributed by atoms with van der Waals surface area (Å²) in [7, 11) is -2.76. The van der Waals surface area contributed by atoms with Crippen molar-refractivity contribution in [3.63, 3.8) is 0 Å². The van der Waals surface area contributed by atoms with Gasteiger partial charge in [-0.1, -0.05) is 24.3 Å². The van der Waals surface area contributed by atoms with Crippen LogP contribution >= 0.6 is 0 Å². The zero-order valence-corrected chi connectivity index (χ0v) is 15.5. The topological polar surface area (TPSA) is 97.8 Å². The monoisotopic (exact) mass is 387 g/mol. The van der Waals surface area contributed by atoms with Gasteiger partial charge in [0.1, 0.15) is 0 Å². The van der Waals surface area contributed by atoms with E-state index in [4.69, 9.17) is 4.74 Å². The number of rotatable bonds is 4. The van der Waals surface area contributed by atoms with E-state index in [1.807, 2.05) is 0 Å². The van der Waals surface area contributed by atoms with Crippen LogP contribution in [0.4, 0.5) is 0 Å². The van der Waals surface area contributed by atoms with Crippen molar-refractivity contribution in [3.05, 3.63) is 65.2 Å². The number of Topliss-reactive ketones (excluding diaryl/α,β-unsaturated/α-hetero) is 2. The maximum absolute atomic E-state index is 12.9. The Bertz CT molecular complexity index is 1030. The minimum absolute atomic E-state index is 0.00269. The Labute approximate surface area is 156 Å². The summed E-state index contributed by atoms with van der Waals surface area (Å²) in [5.41, 5.74) is 0.384. The minimum Gasteiger partial charge on any atom is -0.462 e. The largest absolute Gasteiger partial charge is 0.462 e. The Hall–Kier alpha value is -2.84. The molecule has 7 nitrogen and oxygen atoms in total. The predicted octanol–water partition coefficient (Wildman–Crippen LogP) is 1.93. The van der Waals surface area contributed by atoms with Crippen LogP contribution in [0.1, 0.15) is 38.0 Å². The lowest BCUT2D eigenvalue weighted by Crippen LogP contribution is -2.51. The van der Waals surface area contributed by atoms with Crippen molar-refractivity contribution in [3.8, 4) is 0 Å². The lowest BCUT2D eigenvalue weighted by molar-refractivity contribution is 0.0525. The predicted molar refractivity (Wildman–Crippen MR) is 96.2 cm³/mol. The molecule has 27 heavy (non-hydrogen) atoms. The maximum atomic E-state index is 12.9. The Morgan fingerprint density at radius 1 is 1.04 bits per heavy atom. The molecule has 1 atom stereocenters. The van der Waals surface area contributed by atoms with E-state index in [0.717, 1.165) is 4.31 Å². The quantitative estimate of drug-likeness (QED) is 0.452. The summed E-state index contributed by atoms with van der Waals surface area (Å²) in [4.78, 5) is 37.3. The van der Waals surface area contributed by atoms with Crippen LogP contribution in [0.15, 0.2) is 53.4 Å². The summed E-state index contributed by atoms with van der Waals surface area (Å²) in [5.74, 6) is -1.77. The molecule has 0 amide bonds. The number of sulfonamides is 1. The van der Waals surface area contributed by atoms with E-state index < -0.39 is 33.6 Å². The van der Waals surface area contributed by atoms with Gasteiger partial charge in [-0.3, -0.25) is 9.59 Å². The highest BCUT2D eigenvalue weighted by atomic mass is 32.2. The number of nitrogens with zero attached hydrogens (tertiary/aromatic N) is 1. The van der Waals surface area contributed by atoms with Crippen LogP contribution in [0, 0.1) is 0 Å². The highest BCUT2D eigenvalue weighted by Gasteiger charge is 2.45. The van der Waals surface area contributed by atoms with Gasteiger partial charge in [0.05, 0.1) is 17.1 Å². The van der Waals surface area contributed by atoms with Gasteiger partial charge in [0, 0.05) is 18.2 Å². The number of ketones is 2. The van der Waals surface area contributed by atoms with Crippen molar-refractivity contribution in [2.24, 2.45) is 0 Å². The molecule has 0 fully saturated rings. The van der Waals surface area contributed by atoms with Crippen LogP contribution in [0.3, 0.4) is 0 Å². The summed E-state index contributed by atoms with van der Waals surface area (Å²) in [6.45, 7) is 1.90. The first kappa shape index (κ1) is 18.9. The molecule has 0 N–H and O–H groups in total.